The summed E-state index contributed by atoms with van der Waals surface area (Å²) in [4.78, 5) is 21.1. The number of thioether (sulfide) groups is 1. The summed E-state index contributed by atoms with van der Waals surface area (Å²) in [6.45, 7) is 1.82. The molecule has 1 aromatic heterocycles. The van der Waals surface area contributed by atoms with Crippen LogP contribution in [0.5, 0.6) is 0 Å². The zero-order valence-electron chi connectivity index (χ0n) is 14.9. The molecule has 1 heterocycles. The minimum atomic E-state index is -3.81. The highest BCUT2D eigenvalue weighted by molar-refractivity contribution is 8.00. The fourth-order valence-corrected chi connectivity index (χ4v) is 4.10. The lowest BCUT2D eigenvalue weighted by atomic mass is 10.3. The molecule has 144 valence electrons. The van der Waals surface area contributed by atoms with E-state index in [0.29, 0.717) is 5.69 Å². The van der Waals surface area contributed by atoms with Crippen molar-refractivity contribution in [3.8, 4) is 0 Å². The highest BCUT2D eigenvalue weighted by Crippen LogP contribution is 2.24. The summed E-state index contributed by atoms with van der Waals surface area (Å²) in [5.74, 6) is -0.174. The lowest BCUT2D eigenvalue weighted by molar-refractivity contribution is -0.115. The lowest BCUT2D eigenvalue weighted by Gasteiger charge is -2.12. The number of nitrogens with zero attached hydrogens (tertiary/aromatic N) is 2. The fourth-order valence-electron chi connectivity index (χ4n) is 2.25. The smallest absolute Gasteiger partial charge is 0.264 e. The molecule has 3 aromatic rings. The molecule has 3 rings (SSSR count). The van der Waals surface area contributed by atoms with Gasteiger partial charge in [-0.3, -0.25) is 4.79 Å². The molecule has 2 N–H and O–H groups in total. The Morgan fingerprint density at radius 2 is 1.61 bits per heavy atom. The summed E-state index contributed by atoms with van der Waals surface area (Å²) < 4.78 is 27.0. The molecule has 0 aliphatic heterocycles. The highest BCUT2D eigenvalue weighted by Gasteiger charge is 2.17. The van der Waals surface area contributed by atoms with E-state index in [1.54, 1.807) is 6.07 Å². The van der Waals surface area contributed by atoms with Gasteiger partial charge in [0.25, 0.3) is 10.0 Å². The second-order valence-electron chi connectivity index (χ2n) is 5.76. The standard InChI is InChI=1S/C19H18N4O3S2/c1-14(27-16-6-3-2-4-7-16)18(24)22-15-8-10-17(11-9-15)28(25,26)23-19-20-12-5-13-21-19/h2-14H,1H3,(H,22,24)(H,20,21,23)/t14-/m1/s1. The average Bonchev–Trinajstić information content (AvgIpc) is 2.69. The van der Waals surface area contributed by atoms with Gasteiger partial charge in [0.05, 0.1) is 10.1 Å². The Hall–Kier alpha value is -2.91. The third-order valence-electron chi connectivity index (χ3n) is 3.65. The van der Waals surface area contributed by atoms with Crippen LogP contribution in [0.1, 0.15) is 6.92 Å². The molecule has 2 aromatic carbocycles. The Labute approximate surface area is 167 Å². The minimum Gasteiger partial charge on any atom is -0.325 e. The first-order valence-electron chi connectivity index (χ1n) is 8.36. The Kier molecular flexibility index (Phi) is 6.27. The molecule has 0 fully saturated rings. The normalized spacial score (nSPS) is 12.2. The third kappa shape index (κ3) is 5.30. The van der Waals surface area contributed by atoms with Gasteiger partial charge < -0.3 is 5.32 Å². The molecule has 1 amide bonds. The van der Waals surface area contributed by atoms with Crippen molar-refractivity contribution in [3.05, 3.63) is 73.1 Å². The minimum absolute atomic E-state index is 0.00774. The Bertz CT molecular complexity index is 1030. The van der Waals surface area contributed by atoms with E-state index < -0.39 is 10.0 Å². The number of benzene rings is 2. The fraction of sp³-hybridized carbons (Fsp3) is 0.105. The van der Waals surface area contributed by atoms with Gasteiger partial charge in [0, 0.05) is 23.0 Å². The first-order valence-corrected chi connectivity index (χ1v) is 10.7. The molecule has 28 heavy (non-hydrogen) atoms. The lowest BCUT2D eigenvalue weighted by Crippen LogP contribution is -2.22. The zero-order chi connectivity index (χ0) is 20.0. The quantitative estimate of drug-likeness (QED) is 0.575. The Morgan fingerprint density at radius 3 is 2.25 bits per heavy atom. The molecule has 0 saturated heterocycles. The van der Waals surface area contributed by atoms with Gasteiger partial charge in [0.1, 0.15) is 0 Å². The number of amides is 1. The second-order valence-corrected chi connectivity index (χ2v) is 8.86. The molecule has 0 unspecified atom stereocenters. The largest absolute Gasteiger partial charge is 0.325 e. The summed E-state index contributed by atoms with van der Waals surface area (Å²) in [5.41, 5.74) is 0.514. The Balaban J connectivity index is 1.63. The summed E-state index contributed by atoms with van der Waals surface area (Å²) in [5, 5.41) is 2.49. The zero-order valence-corrected chi connectivity index (χ0v) is 16.6. The van der Waals surface area contributed by atoms with Crippen molar-refractivity contribution in [3.63, 3.8) is 0 Å². The van der Waals surface area contributed by atoms with Crippen LogP contribution in [0.25, 0.3) is 0 Å². The van der Waals surface area contributed by atoms with Crippen LogP contribution in [-0.2, 0) is 14.8 Å². The van der Waals surface area contributed by atoms with Crippen LogP contribution >= 0.6 is 11.8 Å². The van der Waals surface area contributed by atoms with Crippen LogP contribution in [-0.4, -0.2) is 29.5 Å². The van der Waals surface area contributed by atoms with Crippen molar-refractivity contribution in [2.75, 3.05) is 10.0 Å². The van der Waals surface area contributed by atoms with E-state index in [4.69, 9.17) is 0 Å². The van der Waals surface area contributed by atoms with Crippen molar-refractivity contribution in [2.45, 2.75) is 22.0 Å². The number of hydrogen-bond donors (Lipinski definition) is 2. The summed E-state index contributed by atoms with van der Waals surface area (Å²) in [7, 11) is -3.81. The number of sulfonamides is 1. The first-order chi connectivity index (χ1) is 13.4. The van der Waals surface area contributed by atoms with Crippen molar-refractivity contribution < 1.29 is 13.2 Å². The van der Waals surface area contributed by atoms with Crippen molar-refractivity contribution in [2.24, 2.45) is 0 Å². The first kappa shape index (κ1) is 19.8. The van der Waals surface area contributed by atoms with Crippen LogP contribution in [0.2, 0.25) is 0 Å². The highest BCUT2D eigenvalue weighted by atomic mass is 32.2. The monoisotopic (exact) mass is 414 g/mol. The maximum absolute atomic E-state index is 12.4. The third-order valence-corrected chi connectivity index (χ3v) is 6.10. The van der Waals surface area contributed by atoms with E-state index in [2.05, 4.69) is 20.0 Å². The van der Waals surface area contributed by atoms with Gasteiger partial charge in [-0.2, -0.15) is 0 Å². The van der Waals surface area contributed by atoms with Crippen LogP contribution < -0.4 is 10.0 Å². The molecule has 0 saturated carbocycles. The van der Waals surface area contributed by atoms with Crippen LogP contribution in [0.15, 0.2) is 82.8 Å². The van der Waals surface area contributed by atoms with Gasteiger partial charge in [0.2, 0.25) is 11.9 Å². The van der Waals surface area contributed by atoms with Crippen molar-refractivity contribution in [1.82, 2.24) is 9.97 Å². The number of carbonyl (C=O) groups is 1. The Morgan fingerprint density at radius 1 is 0.964 bits per heavy atom. The SMILES string of the molecule is C[C@@H](Sc1ccccc1)C(=O)Nc1ccc(S(=O)(=O)Nc2ncccn2)cc1. The van der Waals surface area contributed by atoms with E-state index in [0.717, 1.165) is 4.90 Å². The number of aromatic nitrogens is 2. The summed E-state index contributed by atoms with van der Waals surface area (Å²) in [6, 6.07) is 17.1. The van der Waals surface area contributed by atoms with E-state index in [1.165, 1.54) is 48.4 Å². The molecule has 0 spiro atoms. The molecule has 0 bridgehead atoms. The number of rotatable bonds is 7. The van der Waals surface area contributed by atoms with Crippen LogP contribution in [0.4, 0.5) is 11.6 Å². The molecule has 9 heteroatoms. The second kappa shape index (κ2) is 8.85. The van der Waals surface area contributed by atoms with Crippen LogP contribution in [0.3, 0.4) is 0 Å². The van der Waals surface area contributed by atoms with Gasteiger partial charge in [-0.25, -0.2) is 23.1 Å². The topological polar surface area (TPSA) is 101 Å². The number of hydrogen-bond acceptors (Lipinski definition) is 6. The van der Waals surface area contributed by atoms with Crippen LogP contribution in [0, 0.1) is 0 Å². The van der Waals surface area contributed by atoms with Gasteiger partial charge in [0.15, 0.2) is 0 Å². The van der Waals surface area contributed by atoms with Gasteiger partial charge in [-0.05, 0) is 49.4 Å². The predicted octanol–water partition coefficient (Wildman–Crippen LogP) is 3.40. The van der Waals surface area contributed by atoms with Gasteiger partial charge in [-0.15, -0.1) is 11.8 Å². The number of carbonyl (C=O) groups excluding carboxylic acids is 1. The molecule has 0 aliphatic carbocycles. The van der Waals surface area contributed by atoms with E-state index in [9.17, 15) is 13.2 Å². The van der Waals surface area contributed by atoms with E-state index in [-0.39, 0.29) is 22.0 Å². The molecular formula is C19H18N4O3S2. The summed E-state index contributed by atoms with van der Waals surface area (Å²) >= 11 is 1.45. The molecule has 1 atom stereocenters. The molecular weight excluding hydrogens is 396 g/mol. The van der Waals surface area contributed by atoms with Gasteiger partial charge >= 0.3 is 0 Å². The predicted molar refractivity (Wildman–Crippen MR) is 110 cm³/mol. The molecule has 7 nitrogen and oxygen atoms in total. The van der Waals surface area contributed by atoms with Crippen molar-refractivity contribution >= 4 is 39.3 Å². The maximum Gasteiger partial charge on any atom is 0.264 e. The number of anilines is 2. The average molecular weight is 415 g/mol. The molecule has 0 aliphatic rings. The van der Waals surface area contributed by atoms with E-state index >= 15 is 0 Å². The molecule has 0 radical (unpaired) electrons. The van der Waals surface area contributed by atoms with Crippen molar-refractivity contribution in [1.29, 1.82) is 0 Å². The maximum atomic E-state index is 12.4. The summed E-state index contributed by atoms with van der Waals surface area (Å²) in [6.07, 6.45) is 2.89. The van der Waals surface area contributed by atoms with Gasteiger partial charge in [-0.1, -0.05) is 18.2 Å². The number of nitrogens with one attached hydrogen (secondary N) is 2. The van der Waals surface area contributed by atoms with E-state index in [1.807, 2.05) is 37.3 Å².